The van der Waals surface area contributed by atoms with E-state index >= 15 is 0 Å². The van der Waals surface area contributed by atoms with Crippen LogP contribution in [0.3, 0.4) is 0 Å². The van der Waals surface area contributed by atoms with Gasteiger partial charge in [0.05, 0.1) is 6.04 Å². The molecule has 1 aromatic heterocycles. The highest BCUT2D eigenvalue weighted by Gasteiger charge is 2.24. The summed E-state index contributed by atoms with van der Waals surface area (Å²) in [6, 6.07) is 9.92. The highest BCUT2D eigenvalue weighted by molar-refractivity contribution is 7.16. The number of thiazole rings is 1. The molecule has 0 saturated carbocycles. The van der Waals surface area contributed by atoms with E-state index in [9.17, 15) is 0 Å². The number of ether oxygens (including phenoxy) is 1. The molecule has 2 heterocycles. The molecule has 0 fully saturated rings. The zero-order valence-corrected chi connectivity index (χ0v) is 10.8. The van der Waals surface area contributed by atoms with Crippen molar-refractivity contribution in [2.45, 2.75) is 6.04 Å². The van der Waals surface area contributed by atoms with E-state index < -0.39 is 0 Å². The third-order valence-electron chi connectivity index (χ3n) is 2.68. The predicted octanol–water partition coefficient (Wildman–Crippen LogP) is 3.21. The topological polar surface area (TPSA) is 57.9 Å². The molecule has 18 heavy (non-hydrogen) atoms. The maximum absolute atomic E-state index is 8.83. The molecule has 1 aliphatic heterocycles. The molecule has 1 aliphatic rings. The number of nitriles is 1. The predicted molar refractivity (Wildman–Crippen MR) is 70.1 cm³/mol. The molecular formula is C12H8ClN3OS. The summed E-state index contributed by atoms with van der Waals surface area (Å²) in [6.45, 7) is 0.554. The first-order valence-electron chi connectivity index (χ1n) is 5.32. The van der Waals surface area contributed by atoms with E-state index in [0.717, 1.165) is 11.3 Å². The molecule has 1 unspecified atom stereocenters. The largest absolute Gasteiger partial charge is 0.491 e. The van der Waals surface area contributed by atoms with E-state index in [1.54, 1.807) is 0 Å². The molecule has 3 rings (SSSR count). The van der Waals surface area contributed by atoms with Gasteiger partial charge in [0.15, 0.2) is 10.3 Å². The Labute approximate surface area is 113 Å². The molecule has 90 valence electrons. The van der Waals surface area contributed by atoms with Crippen LogP contribution in [-0.4, -0.2) is 11.6 Å². The molecule has 0 bridgehead atoms. The van der Waals surface area contributed by atoms with Crippen LogP contribution in [0, 0.1) is 11.3 Å². The molecular weight excluding hydrogens is 270 g/mol. The summed E-state index contributed by atoms with van der Waals surface area (Å²) in [4.78, 5) is 4.54. The van der Waals surface area contributed by atoms with Crippen molar-refractivity contribution in [2.75, 3.05) is 11.9 Å². The Balaban J connectivity index is 1.84. The normalized spacial score (nSPS) is 16.8. The third kappa shape index (κ3) is 1.90. The highest BCUT2D eigenvalue weighted by Crippen LogP contribution is 2.35. The van der Waals surface area contributed by atoms with Crippen LogP contribution in [0.5, 0.6) is 5.75 Å². The van der Waals surface area contributed by atoms with Gasteiger partial charge in [0, 0.05) is 5.56 Å². The van der Waals surface area contributed by atoms with Crippen LogP contribution < -0.4 is 10.1 Å². The second kappa shape index (κ2) is 4.48. The van der Waals surface area contributed by atoms with Gasteiger partial charge in [-0.1, -0.05) is 41.1 Å². The highest BCUT2D eigenvalue weighted by atomic mass is 35.5. The zero-order valence-electron chi connectivity index (χ0n) is 9.18. The first kappa shape index (κ1) is 11.3. The standard InChI is InChI=1S/C12H8ClN3OS/c13-11-10(5-14)18-12(16-11)15-8-6-17-9-4-2-1-3-7(8)9/h1-4,8H,6H2,(H,15,16). The molecule has 1 atom stereocenters. The zero-order chi connectivity index (χ0) is 12.5. The van der Waals surface area contributed by atoms with Crippen molar-refractivity contribution in [3.05, 3.63) is 39.9 Å². The molecule has 0 spiro atoms. The van der Waals surface area contributed by atoms with Gasteiger partial charge in [-0.3, -0.25) is 0 Å². The quantitative estimate of drug-likeness (QED) is 0.916. The van der Waals surface area contributed by atoms with Crippen molar-refractivity contribution in [2.24, 2.45) is 0 Å². The summed E-state index contributed by atoms with van der Waals surface area (Å²) in [6.07, 6.45) is 0. The second-order valence-electron chi connectivity index (χ2n) is 3.80. The van der Waals surface area contributed by atoms with Crippen LogP contribution in [0.1, 0.15) is 16.5 Å². The number of benzene rings is 1. The average molecular weight is 278 g/mol. The maximum atomic E-state index is 8.83. The summed E-state index contributed by atoms with van der Waals surface area (Å²) in [7, 11) is 0. The Morgan fingerprint density at radius 3 is 3.11 bits per heavy atom. The average Bonchev–Trinajstić information content (AvgIpc) is 2.94. The number of nitrogens with one attached hydrogen (secondary N) is 1. The number of para-hydroxylation sites is 1. The third-order valence-corrected chi connectivity index (χ3v) is 3.96. The molecule has 0 aliphatic carbocycles. The van der Waals surface area contributed by atoms with E-state index in [4.69, 9.17) is 21.6 Å². The van der Waals surface area contributed by atoms with Crippen LogP contribution in [0.2, 0.25) is 5.15 Å². The fourth-order valence-corrected chi connectivity index (χ4v) is 2.86. The first-order valence-corrected chi connectivity index (χ1v) is 6.52. The van der Waals surface area contributed by atoms with Gasteiger partial charge in [-0.25, -0.2) is 4.98 Å². The van der Waals surface area contributed by atoms with Gasteiger partial charge in [0.25, 0.3) is 0 Å². The van der Waals surface area contributed by atoms with Gasteiger partial charge in [-0.2, -0.15) is 5.26 Å². The molecule has 6 heteroatoms. The molecule has 1 N–H and O–H groups in total. The smallest absolute Gasteiger partial charge is 0.186 e. The Morgan fingerprint density at radius 1 is 1.50 bits per heavy atom. The fraction of sp³-hybridized carbons (Fsp3) is 0.167. The summed E-state index contributed by atoms with van der Waals surface area (Å²) in [5.74, 6) is 0.887. The van der Waals surface area contributed by atoms with E-state index in [1.165, 1.54) is 11.3 Å². The van der Waals surface area contributed by atoms with E-state index in [-0.39, 0.29) is 11.2 Å². The first-order chi connectivity index (χ1) is 8.78. The lowest BCUT2D eigenvalue weighted by atomic mass is 10.1. The number of halogens is 1. The minimum Gasteiger partial charge on any atom is -0.491 e. The van der Waals surface area contributed by atoms with Crippen LogP contribution >= 0.6 is 22.9 Å². The van der Waals surface area contributed by atoms with Gasteiger partial charge < -0.3 is 10.1 Å². The summed E-state index contributed by atoms with van der Waals surface area (Å²) < 4.78 is 5.56. The van der Waals surface area contributed by atoms with Gasteiger partial charge in [0.2, 0.25) is 0 Å². The summed E-state index contributed by atoms with van der Waals surface area (Å²) in [5, 5.41) is 13.0. The lowest BCUT2D eigenvalue weighted by Gasteiger charge is -2.09. The summed E-state index contributed by atoms with van der Waals surface area (Å²) in [5.41, 5.74) is 1.10. The Bertz CT molecular complexity index is 634. The van der Waals surface area contributed by atoms with Crippen molar-refractivity contribution in [1.29, 1.82) is 5.26 Å². The fourth-order valence-electron chi connectivity index (χ4n) is 1.86. The Kier molecular flexibility index (Phi) is 2.82. The minimum atomic E-state index is 0.0509. The van der Waals surface area contributed by atoms with Gasteiger partial charge in [0.1, 0.15) is 23.3 Å². The molecule has 0 amide bonds. The van der Waals surface area contributed by atoms with Gasteiger partial charge in [-0.15, -0.1) is 0 Å². The van der Waals surface area contributed by atoms with Crippen molar-refractivity contribution in [3.8, 4) is 11.8 Å². The van der Waals surface area contributed by atoms with Crippen LogP contribution in [-0.2, 0) is 0 Å². The van der Waals surface area contributed by atoms with Crippen LogP contribution in [0.15, 0.2) is 24.3 Å². The van der Waals surface area contributed by atoms with E-state index in [0.29, 0.717) is 16.6 Å². The SMILES string of the molecule is N#Cc1sc(NC2COc3ccccc32)nc1Cl. The van der Waals surface area contributed by atoms with Gasteiger partial charge >= 0.3 is 0 Å². The molecule has 1 aromatic carbocycles. The number of nitrogens with zero attached hydrogens (tertiary/aromatic N) is 2. The van der Waals surface area contributed by atoms with E-state index in [1.807, 2.05) is 30.3 Å². The Hall–Kier alpha value is -1.77. The number of fused-ring (bicyclic) bond motifs is 1. The Morgan fingerprint density at radius 2 is 2.33 bits per heavy atom. The number of aromatic nitrogens is 1. The second-order valence-corrected chi connectivity index (χ2v) is 5.15. The van der Waals surface area contributed by atoms with Crippen LogP contribution in [0.25, 0.3) is 0 Å². The van der Waals surface area contributed by atoms with Crippen molar-refractivity contribution in [3.63, 3.8) is 0 Å². The van der Waals surface area contributed by atoms with E-state index in [2.05, 4.69) is 10.3 Å². The van der Waals surface area contributed by atoms with Crippen molar-refractivity contribution < 1.29 is 4.74 Å². The lowest BCUT2D eigenvalue weighted by molar-refractivity contribution is 0.340. The minimum absolute atomic E-state index is 0.0509. The van der Waals surface area contributed by atoms with Crippen molar-refractivity contribution >= 4 is 28.1 Å². The number of hydrogen-bond donors (Lipinski definition) is 1. The molecule has 4 nitrogen and oxygen atoms in total. The number of rotatable bonds is 2. The summed E-state index contributed by atoms with van der Waals surface area (Å²) >= 11 is 7.09. The lowest BCUT2D eigenvalue weighted by Crippen LogP contribution is -2.11. The maximum Gasteiger partial charge on any atom is 0.186 e. The van der Waals surface area contributed by atoms with Gasteiger partial charge in [-0.05, 0) is 6.07 Å². The molecule has 0 saturated heterocycles. The monoisotopic (exact) mass is 277 g/mol. The van der Waals surface area contributed by atoms with Crippen LogP contribution in [0.4, 0.5) is 5.13 Å². The van der Waals surface area contributed by atoms with Crippen molar-refractivity contribution in [1.82, 2.24) is 4.98 Å². The number of anilines is 1. The number of hydrogen-bond acceptors (Lipinski definition) is 5. The molecule has 0 radical (unpaired) electrons. The molecule has 2 aromatic rings.